The highest BCUT2D eigenvalue weighted by atomic mass is 19.1. The molecule has 2 aromatic rings. The normalized spacial score (nSPS) is 28.0. The Morgan fingerprint density at radius 2 is 2.39 bits per heavy atom. The summed E-state index contributed by atoms with van der Waals surface area (Å²) in [5.74, 6) is 0. The number of anilines is 1. The van der Waals surface area contributed by atoms with Crippen molar-refractivity contribution in [2.75, 3.05) is 12.3 Å². The standard InChI is InChI=1S/C12H14FN3O2/c13-8-5-11(18-10(8)6-17)16-4-2-7-9(14)1-3-15-12(7)16/h1-4,8,10-11,17H,5-6H2,(H2,14,15)/t8?,10-,11+/m1/s1. The Hall–Kier alpha value is -1.66. The minimum absolute atomic E-state index is 0.214. The number of nitrogen functional groups attached to an aromatic ring is 1. The van der Waals surface area contributed by atoms with Gasteiger partial charge in [0.2, 0.25) is 0 Å². The summed E-state index contributed by atoms with van der Waals surface area (Å²) < 4.78 is 20.8. The van der Waals surface area contributed by atoms with Gasteiger partial charge >= 0.3 is 0 Å². The van der Waals surface area contributed by atoms with Crippen molar-refractivity contribution in [2.24, 2.45) is 0 Å². The predicted molar refractivity (Wildman–Crippen MR) is 64.7 cm³/mol. The van der Waals surface area contributed by atoms with E-state index in [0.29, 0.717) is 11.3 Å². The summed E-state index contributed by atoms with van der Waals surface area (Å²) in [6, 6.07) is 3.55. The van der Waals surface area contributed by atoms with E-state index in [9.17, 15) is 4.39 Å². The Kier molecular flexibility index (Phi) is 2.68. The Balaban J connectivity index is 1.99. The number of aromatic nitrogens is 2. The maximum absolute atomic E-state index is 13.6. The van der Waals surface area contributed by atoms with E-state index in [0.717, 1.165) is 5.39 Å². The molecule has 3 N–H and O–H groups in total. The number of nitrogens with zero attached hydrogens (tertiary/aromatic N) is 2. The number of fused-ring (bicyclic) bond motifs is 1. The predicted octanol–water partition coefficient (Wildman–Crippen LogP) is 1.24. The Labute approximate surface area is 103 Å². The molecule has 0 amide bonds. The van der Waals surface area contributed by atoms with Gasteiger partial charge < -0.3 is 20.1 Å². The molecular weight excluding hydrogens is 237 g/mol. The van der Waals surface area contributed by atoms with Crippen LogP contribution in [-0.2, 0) is 4.74 Å². The topological polar surface area (TPSA) is 73.3 Å². The first kappa shape index (κ1) is 11.4. The average molecular weight is 251 g/mol. The molecule has 3 rings (SSSR count). The molecule has 1 aliphatic rings. The smallest absolute Gasteiger partial charge is 0.144 e. The van der Waals surface area contributed by atoms with Crippen LogP contribution in [0.1, 0.15) is 12.6 Å². The largest absolute Gasteiger partial charge is 0.398 e. The van der Waals surface area contributed by atoms with Crippen LogP contribution in [0.25, 0.3) is 11.0 Å². The van der Waals surface area contributed by atoms with Crippen LogP contribution >= 0.6 is 0 Å². The number of halogens is 1. The van der Waals surface area contributed by atoms with Crippen LogP contribution in [0.2, 0.25) is 0 Å². The van der Waals surface area contributed by atoms with Gasteiger partial charge in [-0.3, -0.25) is 0 Å². The zero-order valence-corrected chi connectivity index (χ0v) is 9.66. The number of hydrogen-bond acceptors (Lipinski definition) is 4. The average Bonchev–Trinajstić information content (AvgIpc) is 2.93. The Bertz CT molecular complexity index is 571. The molecule has 5 nitrogen and oxygen atoms in total. The van der Waals surface area contributed by atoms with Gasteiger partial charge in [0.25, 0.3) is 0 Å². The molecular formula is C12H14FN3O2. The highest BCUT2D eigenvalue weighted by Crippen LogP contribution is 2.33. The van der Waals surface area contributed by atoms with E-state index in [1.165, 1.54) is 0 Å². The third kappa shape index (κ3) is 1.65. The summed E-state index contributed by atoms with van der Waals surface area (Å²) in [6.07, 6.45) is 1.26. The number of alkyl halides is 1. The van der Waals surface area contributed by atoms with Gasteiger partial charge in [0, 0.05) is 29.9 Å². The summed E-state index contributed by atoms with van der Waals surface area (Å²) in [5.41, 5.74) is 7.14. The molecule has 2 aromatic heterocycles. The van der Waals surface area contributed by atoms with E-state index in [2.05, 4.69) is 4.98 Å². The lowest BCUT2D eigenvalue weighted by Crippen LogP contribution is -2.21. The molecule has 0 spiro atoms. The number of rotatable bonds is 2. The number of pyridine rings is 1. The molecule has 1 unspecified atom stereocenters. The van der Waals surface area contributed by atoms with Crippen molar-refractivity contribution >= 4 is 16.7 Å². The first-order chi connectivity index (χ1) is 8.70. The number of aliphatic hydroxyl groups is 1. The molecule has 0 radical (unpaired) electrons. The summed E-state index contributed by atoms with van der Waals surface area (Å²) in [5, 5.41) is 9.82. The van der Waals surface area contributed by atoms with Crippen LogP contribution in [0.3, 0.4) is 0 Å². The second kappa shape index (κ2) is 4.22. The SMILES string of the molecule is Nc1ccnc2c1ccn2[C@@H]1CC(F)[C@@H](CO)O1. The van der Waals surface area contributed by atoms with Crippen LogP contribution < -0.4 is 5.73 Å². The maximum atomic E-state index is 13.6. The van der Waals surface area contributed by atoms with E-state index in [-0.39, 0.29) is 13.0 Å². The van der Waals surface area contributed by atoms with E-state index in [4.69, 9.17) is 15.6 Å². The molecule has 0 bridgehead atoms. The monoisotopic (exact) mass is 251 g/mol. The van der Waals surface area contributed by atoms with Gasteiger partial charge in [-0.2, -0.15) is 0 Å². The first-order valence-electron chi connectivity index (χ1n) is 5.82. The summed E-state index contributed by atoms with van der Waals surface area (Å²) >= 11 is 0. The quantitative estimate of drug-likeness (QED) is 0.842. The lowest BCUT2D eigenvalue weighted by Gasteiger charge is -2.14. The van der Waals surface area contributed by atoms with Crippen LogP contribution in [0.15, 0.2) is 24.5 Å². The fraction of sp³-hybridized carbons (Fsp3) is 0.417. The summed E-state index contributed by atoms with van der Waals surface area (Å²) in [6.45, 7) is -0.313. The van der Waals surface area contributed by atoms with Gasteiger partial charge in [0.1, 0.15) is 24.2 Å². The molecule has 0 aliphatic carbocycles. The minimum Gasteiger partial charge on any atom is -0.398 e. The first-order valence-corrected chi connectivity index (χ1v) is 5.82. The molecule has 1 saturated heterocycles. The number of ether oxygens (including phenoxy) is 1. The Morgan fingerprint density at radius 1 is 1.56 bits per heavy atom. The number of nitrogens with two attached hydrogens (primary N) is 1. The molecule has 3 heterocycles. The van der Waals surface area contributed by atoms with E-state index >= 15 is 0 Å². The Morgan fingerprint density at radius 3 is 3.11 bits per heavy atom. The van der Waals surface area contributed by atoms with Gasteiger partial charge in [0.05, 0.1) is 6.61 Å². The van der Waals surface area contributed by atoms with Gasteiger partial charge in [-0.1, -0.05) is 0 Å². The highest BCUT2D eigenvalue weighted by Gasteiger charge is 2.36. The van der Waals surface area contributed by atoms with Crippen molar-refractivity contribution in [3.63, 3.8) is 0 Å². The molecule has 96 valence electrons. The second-order valence-corrected chi connectivity index (χ2v) is 4.42. The molecule has 18 heavy (non-hydrogen) atoms. The molecule has 0 aromatic carbocycles. The van der Waals surface area contributed by atoms with Gasteiger partial charge in [-0.05, 0) is 12.1 Å². The van der Waals surface area contributed by atoms with Crippen LogP contribution in [0.4, 0.5) is 10.1 Å². The van der Waals surface area contributed by atoms with Crippen molar-refractivity contribution in [3.8, 4) is 0 Å². The fourth-order valence-electron chi connectivity index (χ4n) is 2.33. The molecule has 1 fully saturated rings. The highest BCUT2D eigenvalue weighted by molar-refractivity contribution is 5.88. The van der Waals surface area contributed by atoms with Crippen LogP contribution in [-0.4, -0.2) is 33.5 Å². The van der Waals surface area contributed by atoms with Crippen molar-refractivity contribution in [3.05, 3.63) is 24.5 Å². The molecule has 1 aliphatic heterocycles. The molecule has 3 atom stereocenters. The van der Waals surface area contributed by atoms with E-state index < -0.39 is 18.5 Å². The maximum Gasteiger partial charge on any atom is 0.144 e. The van der Waals surface area contributed by atoms with Gasteiger partial charge in [0.15, 0.2) is 0 Å². The van der Waals surface area contributed by atoms with Gasteiger partial charge in [-0.25, -0.2) is 9.37 Å². The molecule has 6 heteroatoms. The third-order valence-corrected chi connectivity index (χ3v) is 3.30. The van der Waals surface area contributed by atoms with Crippen molar-refractivity contribution in [1.29, 1.82) is 0 Å². The second-order valence-electron chi connectivity index (χ2n) is 4.42. The van der Waals surface area contributed by atoms with Crippen molar-refractivity contribution in [1.82, 2.24) is 9.55 Å². The van der Waals surface area contributed by atoms with Crippen LogP contribution in [0.5, 0.6) is 0 Å². The van der Waals surface area contributed by atoms with Crippen molar-refractivity contribution in [2.45, 2.75) is 24.9 Å². The number of hydrogen-bond donors (Lipinski definition) is 2. The zero-order valence-electron chi connectivity index (χ0n) is 9.66. The van der Waals surface area contributed by atoms with Crippen molar-refractivity contribution < 1.29 is 14.2 Å². The third-order valence-electron chi connectivity index (χ3n) is 3.30. The van der Waals surface area contributed by atoms with E-state index in [1.807, 2.05) is 6.07 Å². The minimum atomic E-state index is -1.15. The van der Waals surface area contributed by atoms with Gasteiger partial charge in [-0.15, -0.1) is 0 Å². The fourth-order valence-corrected chi connectivity index (χ4v) is 2.33. The lowest BCUT2D eigenvalue weighted by atomic mass is 10.2. The lowest BCUT2D eigenvalue weighted by molar-refractivity contribution is -0.0321. The molecule has 0 saturated carbocycles. The summed E-state index contributed by atoms with van der Waals surface area (Å²) in [4.78, 5) is 4.24. The van der Waals surface area contributed by atoms with Crippen LogP contribution in [0, 0.1) is 0 Å². The number of aliphatic hydroxyl groups excluding tert-OH is 1. The zero-order chi connectivity index (χ0) is 12.7. The summed E-state index contributed by atoms with van der Waals surface area (Å²) in [7, 11) is 0. The van der Waals surface area contributed by atoms with E-state index in [1.54, 1.807) is 23.0 Å².